The van der Waals surface area contributed by atoms with Gasteiger partial charge in [-0.2, -0.15) is 0 Å². The Morgan fingerprint density at radius 3 is 2.80 bits per heavy atom. The fraction of sp³-hybridized carbons (Fsp3) is 0.348. The maximum Gasteiger partial charge on any atom is 0.230 e. The van der Waals surface area contributed by atoms with E-state index in [2.05, 4.69) is 20.2 Å². The Bertz CT molecular complexity index is 955. The van der Waals surface area contributed by atoms with Gasteiger partial charge >= 0.3 is 0 Å². The number of hydrogen-bond acceptors (Lipinski definition) is 6. The lowest BCUT2D eigenvalue weighted by Crippen LogP contribution is -2.33. The molecule has 0 atom stereocenters. The third-order valence-electron chi connectivity index (χ3n) is 5.11. The first-order valence-electron chi connectivity index (χ1n) is 10.4. The second kappa shape index (κ2) is 10.3. The molecule has 1 aliphatic heterocycles. The minimum absolute atomic E-state index is 0.0869. The molecule has 1 N–H and O–H groups in total. The van der Waals surface area contributed by atoms with Gasteiger partial charge in [0.15, 0.2) is 5.13 Å². The normalized spacial score (nSPS) is 14.4. The predicted octanol–water partition coefficient (Wildman–Crippen LogP) is 4.25. The highest BCUT2D eigenvalue weighted by molar-refractivity contribution is 7.14. The highest BCUT2D eigenvalue weighted by atomic mass is 32.1. The van der Waals surface area contributed by atoms with Crippen molar-refractivity contribution in [1.82, 2.24) is 14.9 Å². The van der Waals surface area contributed by atoms with Gasteiger partial charge in [-0.1, -0.05) is 18.6 Å². The van der Waals surface area contributed by atoms with Crippen molar-refractivity contribution >= 4 is 22.4 Å². The molecule has 0 bridgehead atoms. The number of likely N-dealkylation sites (tertiary alicyclic amines) is 1. The van der Waals surface area contributed by atoms with Gasteiger partial charge in [-0.3, -0.25) is 14.7 Å². The molecule has 7 heteroatoms. The van der Waals surface area contributed by atoms with Gasteiger partial charge in [-0.25, -0.2) is 4.98 Å². The van der Waals surface area contributed by atoms with Crippen LogP contribution in [0.3, 0.4) is 0 Å². The number of anilines is 1. The molecule has 1 aromatic carbocycles. The molecule has 0 saturated carbocycles. The summed E-state index contributed by atoms with van der Waals surface area (Å²) in [5.74, 6) is 0.725. The first-order chi connectivity index (χ1) is 14.8. The number of thiazole rings is 1. The summed E-state index contributed by atoms with van der Waals surface area (Å²) in [6.45, 7) is 3.97. The van der Waals surface area contributed by atoms with Crippen molar-refractivity contribution in [2.24, 2.45) is 0 Å². The number of carbonyl (C=O) groups excluding carboxylic acids is 1. The number of aromatic nitrogens is 2. The minimum Gasteiger partial charge on any atom is -0.492 e. The smallest absolute Gasteiger partial charge is 0.230 e. The van der Waals surface area contributed by atoms with Gasteiger partial charge in [-0.05, 0) is 55.8 Å². The third kappa shape index (κ3) is 5.87. The largest absolute Gasteiger partial charge is 0.492 e. The summed E-state index contributed by atoms with van der Waals surface area (Å²) in [6.07, 6.45) is 7.66. The summed E-state index contributed by atoms with van der Waals surface area (Å²) in [4.78, 5) is 23.4. The Hall–Kier alpha value is -2.77. The van der Waals surface area contributed by atoms with Crippen molar-refractivity contribution in [2.45, 2.75) is 25.7 Å². The van der Waals surface area contributed by atoms with Gasteiger partial charge in [0.2, 0.25) is 5.91 Å². The zero-order valence-corrected chi connectivity index (χ0v) is 17.7. The fourth-order valence-electron chi connectivity index (χ4n) is 3.56. The molecule has 0 unspecified atom stereocenters. The molecule has 2 aromatic heterocycles. The Kier molecular flexibility index (Phi) is 7.05. The molecule has 30 heavy (non-hydrogen) atoms. The average molecular weight is 423 g/mol. The third-order valence-corrected chi connectivity index (χ3v) is 5.87. The van der Waals surface area contributed by atoms with Crippen molar-refractivity contribution in [1.29, 1.82) is 0 Å². The minimum atomic E-state index is -0.0869. The second-order valence-corrected chi connectivity index (χ2v) is 8.26. The monoisotopic (exact) mass is 422 g/mol. The van der Waals surface area contributed by atoms with E-state index in [-0.39, 0.29) is 12.3 Å². The van der Waals surface area contributed by atoms with Crippen molar-refractivity contribution in [3.63, 3.8) is 0 Å². The van der Waals surface area contributed by atoms with Crippen LogP contribution in [0.4, 0.5) is 5.13 Å². The highest BCUT2D eigenvalue weighted by Gasteiger charge is 2.11. The van der Waals surface area contributed by atoms with Gasteiger partial charge in [-0.15, -0.1) is 11.3 Å². The predicted molar refractivity (Wildman–Crippen MR) is 120 cm³/mol. The first kappa shape index (κ1) is 20.5. The molecule has 6 nitrogen and oxygen atoms in total. The van der Waals surface area contributed by atoms with Crippen LogP contribution >= 0.6 is 11.3 Å². The number of pyridine rings is 1. The highest BCUT2D eigenvalue weighted by Crippen LogP contribution is 2.24. The Morgan fingerprint density at radius 1 is 1.13 bits per heavy atom. The van der Waals surface area contributed by atoms with E-state index in [1.165, 1.54) is 43.7 Å². The van der Waals surface area contributed by atoms with Crippen LogP contribution in [0.1, 0.15) is 24.8 Å². The van der Waals surface area contributed by atoms with Gasteiger partial charge in [0.25, 0.3) is 0 Å². The van der Waals surface area contributed by atoms with Gasteiger partial charge in [0.05, 0.1) is 12.1 Å². The number of hydrogen-bond donors (Lipinski definition) is 1. The van der Waals surface area contributed by atoms with Gasteiger partial charge in [0, 0.05) is 29.9 Å². The Morgan fingerprint density at radius 2 is 1.97 bits per heavy atom. The molecule has 3 aromatic rings. The van der Waals surface area contributed by atoms with Crippen LogP contribution in [0.5, 0.6) is 5.75 Å². The number of benzene rings is 1. The molecule has 1 fully saturated rings. The summed E-state index contributed by atoms with van der Waals surface area (Å²) < 4.78 is 5.91. The van der Waals surface area contributed by atoms with E-state index < -0.39 is 0 Å². The molecule has 1 aliphatic rings. The molecule has 0 radical (unpaired) electrons. The second-order valence-electron chi connectivity index (χ2n) is 7.40. The maximum absolute atomic E-state index is 12.5. The van der Waals surface area contributed by atoms with Crippen LogP contribution in [0.15, 0.2) is 54.2 Å². The summed E-state index contributed by atoms with van der Waals surface area (Å²) >= 11 is 1.42. The molecular formula is C23H26N4O2S. The van der Waals surface area contributed by atoms with Crippen molar-refractivity contribution < 1.29 is 9.53 Å². The van der Waals surface area contributed by atoms with Crippen LogP contribution in [0, 0.1) is 0 Å². The molecule has 3 heterocycles. The molecule has 1 amide bonds. The number of carbonyl (C=O) groups is 1. The number of rotatable bonds is 8. The molecule has 1 saturated heterocycles. The molecular weight excluding hydrogens is 396 g/mol. The summed E-state index contributed by atoms with van der Waals surface area (Å²) in [7, 11) is 0. The Balaban J connectivity index is 1.27. The number of amides is 1. The van der Waals surface area contributed by atoms with E-state index in [1.807, 2.05) is 41.8 Å². The van der Waals surface area contributed by atoms with Crippen LogP contribution in [0.25, 0.3) is 11.3 Å². The summed E-state index contributed by atoms with van der Waals surface area (Å²) in [5.41, 5.74) is 2.74. The van der Waals surface area contributed by atoms with Crippen LogP contribution in [0.2, 0.25) is 0 Å². The van der Waals surface area contributed by atoms with E-state index >= 15 is 0 Å². The average Bonchev–Trinajstić information content (AvgIpc) is 3.24. The van der Waals surface area contributed by atoms with Crippen molar-refractivity contribution in [2.75, 3.05) is 31.6 Å². The zero-order chi connectivity index (χ0) is 20.6. The van der Waals surface area contributed by atoms with Gasteiger partial charge < -0.3 is 10.1 Å². The molecule has 0 spiro atoms. The standard InChI is InChI=1S/C23H26N4O2S/c28-22(26-23-25-21(17-30-23)19-7-9-24-10-8-19)16-18-5-4-6-20(15-18)29-14-13-27-11-2-1-3-12-27/h4-10,15,17H,1-3,11-14,16H2,(H,25,26,28). The topological polar surface area (TPSA) is 67.3 Å². The Labute approximate surface area is 180 Å². The van der Waals surface area contributed by atoms with Crippen LogP contribution < -0.4 is 10.1 Å². The van der Waals surface area contributed by atoms with E-state index in [0.717, 1.165) is 29.1 Å². The maximum atomic E-state index is 12.5. The number of ether oxygens (including phenoxy) is 1. The van der Waals surface area contributed by atoms with Crippen molar-refractivity contribution in [3.8, 4) is 17.0 Å². The zero-order valence-electron chi connectivity index (χ0n) is 16.9. The first-order valence-corrected chi connectivity index (χ1v) is 11.2. The molecule has 156 valence electrons. The van der Waals surface area contributed by atoms with E-state index in [0.29, 0.717) is 11.7 Å². The quantitative estimate of drug-likeness (QED) is 0.588. The number of nitrogens with one attached hydrogen (secondary N) is 1. The fourth-order valence-corrected chi connectivity index (χ4v) is 4.29. The number of nitrogens with zero attached hydrogens (tertiary/aromatic N) is 3. The lowest BCUT2D eigenvalue weighted by Gasteiger charge is -2.26. The lowest BCUT2D eigenvalue weighted by atomic mass is 10.1. The van der Waals surface area contributed by atoms with Gasteiger partial charge in [0.1, 0.15) is 12.4 Å². The summed E-state index contributed by atoms with van der Waals surface area (Å²) in [5, 5.41) is 5.42. The summed E-state index contributed by atoms with van der Waals surface area (Å²) in [6, 6.07) is 11.6. The van der Waals surface area contributed by atoms with Crippen molar-refractivity contribution in [3.05, 3.63) is 59.7 Å². The SMILES string of the molecule is O=C(Cc1cccc(OCCN2CCCCC2)c1)Nc1nc(-c2ccncc2)cs1. The lowest BCUT2D eigenvalue weighted by molar-refractivity contribution is -0.115. The van der Waals surface area contributed by atoms with E-state index in [9.17, 15) is 4.79 Å². The molecule has 0 aliphatic carbocycles. The number of piperidine rings is 1. The van der Waals surface area contributed by atoms with Crippen LogP contribution in [-0.2, 0) is 11.2 Å². The molecule has 4 rings (SSSR count). The van der Waals surface area contributed by atoms with E-state index in [4.69, 9.17) is 4.74 Å². The van der Waals surface area contributed by atoms with Crippen LogP contribution in [-0.4, -0.2) is 47.0 Å². The van der Waals surface area contributed by atoms with E-state index in [1.54, 1.807) is 12.4 Å².